The first-order chi connectivity index (χ1) is 10.0. The molecule has 0 aromatic carbocycles. The van der Waals surface area contributed by atoms with E-state index in [4.69, 9.17) is 5.11 Å². The normalized spacial score (nSPS) is 12.9. The van der Waals surface area contributed by atoms with Gasteiger partial charge in [0.1, 0.15) is 0 Å². The average Bonchev–Trinajstić information content (AvgIpc) is 2.44. The second-order valence-corrected chi connectivity index (χ2v) is 6.62. The molecule has 0 aliphatic carbocycles. The first kappa shape index (κ1) is 25.1. The molecule has 5 nitrogen and oxygen atoms in total. The molecule has 0 fully saturated rings. The third-order valence-corrected chi connectivity index (χ3v) is 4.22. The molecule has 130 valence electrons. The minimum absolute atomic E-state index is 0. The molecule has 7 heteroatoms. The average molecular weight is 348 g/mol. The molecule has 0 saturated carbocycles. The van der Waals surface area contributed by atoms with Gasteiger partial charge in [-0.25, -0.2) is 8.37 Å². The van der Waals surface area contributed by atoms with Crippen molar-refractivity contribution in [3.63, 3.8) is 0 Å². The number of aliphatic hydroxyl groups excluding tert-OH is 1. The van der Waals surface area contributed by atoms with Crippen LogP contribution in [0.2, 0.25) is 0 Å². The molecule has 0 aromatic rings. The quantitative estimate of drug-likeness (QED) is 0.279. The molecule has 0 spiro atoms. The molecule has 0 aliphatic rings. The van der Waals surface area contributed by atoms with Crippen molar-refractivity contribution in [3.05, 3.63) is 0 Å². The van der Waals surface area contributed by atoms with Gasteiger partial charge >= 0.3 is 40.0 Å². The van der Waals surface area contributed by atoms with Gasteiger partial charge in [0.25, 0.3) is 0 Å². The van der Waals surface area contributed by atoms with Crippen LogP contribution in [-0.4, -0.2) is 56.0 Å². The monoisotopic (exact) mass is 348 g/mol. The third kappa shape index (κ3) is 17.2. The van der Waals surface area contributed by atoms with Crippen molar-refractivity contribution in [1.82, 2.24) is 0 Å². The van der Waals surface area contributed by atoms with Crippen LogP contribution >= 0.6 is 0 Å². The Morgan fingerprint density at radius 1 is 0.864 bits per heavy atom. The van der Waals surface area contributed by atoms with E-state index in [2.05, 4.69) is 15.3 Å². The van der Waals surface area contributed by atoms with Gasteiger partial charge in [0.2, 0.25) is 0 Å². The Morgan fingerprint density at radius 2 is 1.32 bits per heavy atom. The van der Waals surface area contributed by atoms with Crippen LogP contribution in [0.3, 0.4) is 0 Å². The van der Waals surface area contributed by atoms with Crippen molar-refractivity contribution < 1.29 is 21.9 Å². The molecule has 0 aromatic heterocycles. The van der Waals surface area contributed by atoms with Crippen molar-refractivity contribution in [2.45, 2.75) is 90.8 Å². The van der Waals surface area contributed by atoms with Crippen LogP contribution in [0.25, 0.3) is 0 Å². The van der Waals surface area contributed by atoms with Crippen LogP contribution in [-0.2, 0) is 18.8 Å². The van der Waals surface area contributed by atoms with Gasteiger partial charge in [0.15, 0.2) is 6.29 Å². The summed E-state index contributed by atoms with van der Waals surface area (Å²) in [6, 6.07) is 0. The summed E-state index contributed by atoms with van der Waals surface area (Å²) in [6.45, 7) is 3.97. The van der Waals surface area contributed by atoms with Gasteiger partial charge in [-0.1, -0.05) is 71.6 Å². The SMILES string of the molecule is CCCCCCCCCCCCOS(=O)(=O)OC(O)CC.[NaH]. The van der Waals surface area contributed by atoms with E-state index < -0.39 is 16.7 Å². The maximum atomic E-state index is 11.3. The van der Waals surface area contributed by atoms with E-state index in [0.29, 0.717) is 6.42 Å². The summed E-state index contributed by atoms with van der Waals surface area (Å²) in [7, 11) is -4.05. The van der Waals surface area contributed by atoms with E-state index >= 15 is 0 Å². The Bertz CT molecular complexity index is 322. The van der Waals surface area contributed by atoms with Gasteiger partial charge in [0.05, 0.1) is 6.61 Å². The molecule has 0 bridgehead atoms. The van der Waals surface area contributed by atoms with Crippen molar-refractivity contribution >= 4 is 40.0 Å². The second-order valence-electron chi connectivity index (χ2n) is 5.37. The number of unbranched alkanes of at least 4 members (excludes halogenated alkanes) is 9. The summed E-state index contributed by atoms with van der Waals surface area (Å²) < 4.78 is 31.6. The molecule has 1 N–H and O–H groups in total. The summed E-state index contributed by atoms with van der Waals surface area (Å²) in [5.74, 6) is 0. The molecule has 0 rings (SSSR count). The molecule has 0 aliphatic heterocycles. The summed E-state index contributed by atoms with van der Waals surface area (Å²) in [4.78, 5) is 0. The Labute approximate surface area is 158 Å². The van der Waals surface area contributed by atoms with Crippen molar-refractivity contribution in [1.29, 1.82) is 0 Å². The molecule has 1 atom stereocenters. The molecular weight excluding hydrogens is 315 g/mol. The molecule has 22 heavy (non-hydrogen) atoms. The van der Waals surface area contributed by atoms with E-state index in [9.17, 15) is 8.42 Å². The fraction of sp³-hybridized carbons (Fsp3) is 1.00. The Kier molecular flexibility index (Phi) is 19.0. The van der Waals surface area contributed by atoms with E-state index in [1.54, 1.807) is 6.92 Å². The van der Waals surface area contributed by atoms with Gasteiger partial charge in [-0.2, -0.15) is 8.42 Å². The number of rotatable bonds is 15. The molecule has 0 amide bonds. The summed E-state index contributed by atoms with van der Waals surface area (Å²) in [6.07, 6.45) is 10.7. The molecule has 0 heterocycles. The standard InChI is InChI=1S/C15H32O5S.Na.H/c1-3-5-6-7-8-9-10-11-12-13-14-19-21(17,18)20-15(16)4-2;;/h15-16H,3-14H2,1-2H3;;. The predicted octanol–water partition coefficient (Wildman–Crippen LogP) is 3.27. The van der Waals surface area contributed by atoms with Gasteiger partial charge < -0.3 is 5.11 Å². The van der Waals surface area contributed by atoms with Gasteiger partial charge in [-0.3, -0.25) is 0 Å². The van der Waals surface area contributed by atoms with Crippen LogP contribution in [0.5, 0.6) is 0 Å². The van der Waals surface area contributed by atoms with Crippen molar-refractivity contribution in [2.24, 2.45) is 0 Å². The Morgan fingerprint density at radius 3 is 1.77 bits per heavy atom. The summed E-state index contributed by atoms with van der Waals surface area (Å²) in [5.41, 5.74) is 0. The Hall–Kier alpha value is 0.830. The number of hydrogen-bond donors (Lipinski definition) is 1. The van der Waals surface area contributed by atoms with Gasteiger partial charge in [-0.15, -0.1) is 0 Å². The predicted molar refractivity (Wildman–Crippen MR) is 91.2 cm³/mol. The zero-order valence-electron chi connectivity index (χ0n) is 13.6. The minimum atomic E-state index is -4.05. The fourth-order valence-corrected chi connectivity index (χ4v) is 2.77. The van der Waals surface area contributed by atoms with Crippen LogP contribution < -0.4 is 0 Å². The zero-order valence-corrected chi connectivity index (χ0v) is 14.4. The topological polar surface area (TPSA) is 72.8 Å². The van der Waals surface area contributed by atoms with Gasteiger partial charge in [0, 0.05) is 0 Å². The zero-order chi connectivity index (χ0) is 16.0. The maximum absolute atomic E-state index is 11.3. The third-order valence-electron chi connectivity index (χ3n) is 3.30. The van der Waals surface area contributed by atoms with Crippen LogP contribution in [0.15, 0.2) is 0 Å². The Balaban J connectivity index is 0. The molecule has 1 unspecified atom stereocenters. The summed E-state index contributed by atoms with van der Waals surface area (Å²) >= 11 is 0. The van der Waals surface area contributed by atoms with Crippen molar-refractivity contribution in [2.75, 3.05) is 6.61 Å². The number of aliphatic hydroxyl groups is 1. The van der Waals surface area contributed by atoms with E-state index in [0.717, 1.165) is 12.8 Å². The molecule has 0 radical (unpaired) electrons. The molecular formula is C15H33NaO5S. The van der Waals surface area contributed by atoms with Crippen molar-refractivity contribution in [3.8, 4) is 0 Å². The van der Waals surface area contributed by atoms with Crippen LogP contribution in [0.4, 0.5) is 0 Å². The fourth-order valence-electron chi connectivity index (χ4n) is 1.98. The first-order valence-electron chi connectivity index (χ1n) is 8.27. The summed E-state index contributed by atoms with van der Waals surface area (Å²) in [5, 5.41) is 9.09. The van der Waals surface area contributed by atoms with E-state index in [1.807, 2.05) is 0 Å². The van der Waals surface area contributed by atoms with Crippen LogP contribution in [0.1, 0.15) is 84.5 Å². The van der Waals surface area contributed by atoms with E-state index in [1.165, 1.54) is 44.9 Å². The van der Waals surface area contributed by atoms with E-state index in [-0.39, 0.29) is 42.6 Å². The van der Waals surface area contributed by atoms with Crippen LogP contribution in [0, 0.1) is 0 Å². The number of hydrogen-bond acceptors (Lipinski definition) is 5. The first-order valence-corrected chi connectivity index (χ1v) is 9.61. The second kappa shape index (κ2) is 16.7. The van der Waals surface area contributed by atoms with Gasteiger partial charge in [-0.05, 0) is 12.8 Å². The molecule has 0 saturated heterocycles.